The molecule has 19 heavy (non-hydrogen) atoms. The van der Waals surface area contributed by atoms with Crippen LogP contribution in [0.2, 0.25) is 0 Å². The highest BCUT2D eigenvalue weighted by atomic mass is 32.2. The Hall–Kier alpha value is -0.840. The van der Waals surface area contributed by atoms with Crippen LogP contribution in [0, 0.1) is 23.7 Å². The molecule has 1 amide bonds. The molecule has 1 saturated heterocycles. The zero-order valence-corrected chi connectivity index (χ0v) is 12.1. The van der Waals surface area contributed by atoms with Crippen LogP contribution in [0.5, 0.6) is 0 Å². The van der Waals surface area contributed by atoms with Crippen molar-refractivity contribution in [3.05, 3.63) is 12.7 Å². The lowest BCUT2D eigenvalue weighted by molar-refractivity contribution is -0.130. The van der Waals surface area contributed by atoms with Crippen LogP contribution < -0.4 is 0 Å². The molecule has 2 bridgehead atoms. The average molecular weight is 283 g/mol. The molecular weight excluding hydrogens is 262 g/mol. The van der Waals surface area contributed by atoms with Gasteiger partial charge in [0.1, 0.15) is 0 Å². The molecule has 0 aromatic heterocycles. The fraction of sp³-hybridized carbons (Fsp3) is 0.786. The van der Waals surface area contributed by atoms with Crippen molar-refractivity contribution in [3.8, 4) is 0 Å². The lowest BCUT2D eigenvalue weighted by atomic mass is 9.88. The summed E-state index contributed by atoms with van der Waals surface area (Å²) in [4.78, 5) is 12.3. The van der Waals surface area contributed by atoms with E-state index >= 15 is 0 Å². The minimum absolute atomic E-state index is 0.198. The number of hydrogen-bond acceptors (Lipinski definition) is 3. The van der Waals surface area contributed by atoms with Gasteiger partial charge < -0.3 is 0 Å². The number of rotatable bonds is 3. The quantitative estimate of drug-likeness (QED) is 0.742. The van der Waals surface area contributed by atoms with Gasteiger partial charge in [-0.15, -0.1) is 6.58 Å². The van der Waals surface area contributed by atoms with Crippen molar-refractivity contribution in [2.75, 3.05) is 6.54 Å². The predicted molar refractivity (Wildman–Crippen MR) is 72.7 cm³/mol. The fourth-order valence-electron chi connectivity index (χ4n) is 4.33. The highest BCUT2D eigenvalue weighted by Gasteiger charge is 2.60. The first-order valence-corrected chi connectivity index (χ1v) is 8.63. The topological polar surface area (TPSA) is 54.5 Å². The van der Waals surface area contributed by atoms with Crippen molar-refractivity contribution in [1.29, 1.82) is 0 Å². The molecule has 3 fully saturated rings. The maximum atomic E-state index is 12.6. The standard InChI is InChI=1S/C14H21NO3S/c1-3-4-9(2)14(16)15-8-12-10-5-6-11(7-10)13(12)19(15,17)18/h3,9-13H,1,4-8H2,2H3/t9-,10-,11+,12-,13+/m0/s1. The molecule has 0 aromatic rings. The van der Waals surface area contributed by atoms with E-state index in [1.807, 2.05) is 0 Å². The van der Waals surface area contributed by atoms with E-state index in [0.717, 1.165) is 19.3 Å². The Balaban J connectivity index is 1.86. The van der Waals surface area contributed by atoms with Gasteiger partial charge in [-0.1, -0.05) is 13.0 Å². The number of nitrogens with zero attached hydrogens (tertiary/aromatic N) is 1. The van der Waals surface area contributed by atoms with Crippen molar-refractivity contribution in [3.63, 3.8) is 0 Å². The van der Waals surface area contributed by atoms with Gasteiger partial charge in [0.15, 0.2) is 0 Å². The number of sulfonamides is 1. The van der Waals surface area contributed by atoms with Gasteiger partial charge in [0, 0.05) is 12.5 Å². The first-order valence-electron chi connectivity index (χ1n) is 7.13. The smallest absolute Gasteiger partial charge is 0.240 e. The van der Waals surface area contributed by atoms with Gasteiger partial charge in [-0.25, -0.2) is 12.7 Å². The maximum Gasteiger partial charge on any atom is 0.240 e. The molecule has 1 aliphatic heterocycles. The van der Waals surface area contributed by atoms with E-state index < -0.39 is 10.0 Å². The Bertz CT molecular complexity index is 513. The molecule has 2 aliphatic carbocycles. The van der Waals surface area contributed by atoms with Crippen molar-refractivity contribution in [2.45, 2.75) is 37.9 Å². The van der Waals surface area contributed by atoms with Gasteiger partial charge in [0.2, 0.25) is 15.9 Å². The van der Waals surface area contributed by atoms with Crippen LogP contribution in [-0.2, 0) is 14.8 Å². The SMILES string of the molecule is C=CC[C@H](C)C(=O)N1C[C@H]2[C@H]3CC[C@H](C3)[C@H]2S1(=O)=O. The summed E-state index contributed by atoms with van der Waals surface area (Å²) in [7, 11) is -3.41. The number of carbonyl (C=O) groups excluding carboxylic acids is 1. The van der Waals surface area contributed by atoms with Crippen LogP contribution in [0.15, 0.2) is 12.7 Å². The highest BCUT2D eigenvalue weighted by Crippen LogP contribution is 2.55. The Labute approximate surface area is 114 Å². The lowest BCUT2D eigenvalue weighted by Crippen LogP contribution is -2.39. The maximum absolute atomic E-state index is 12.6. The molecule has 3 aliphatic rings. The van der Waals surface area contributed by atoms with Crippen LogP contribution in [0.1, 0.15) is 32.6 Å². The fourth-order valence-corrected chi connectivity index (χ4v) is 6.92. The van der Waals surface area contributed by atoms with E-state index in [1.165, 1.54) is 4.31 Å². The van der Waals surface area contributed by atoms with Crippen LogP contribution in [0.25, 0.3) is 0 Å². The van der Waals surface area contributed by atoms with Gasteiger partial charge in [-0.2, -0.15) is 0 Å². The third-order valence-electron chi connectivity index (χ3n) is 5.22. The largest absolute Gasteiger partial charge is 0.273 e. The Morgan fingerprint density at radius 3 is 2.74 bits per heavy atom. The first kappa shape index (κ1) is 13.2. The Morgan fingerprint density at radius 1 is 1.42 bits per heavy atom. The van der Waals surface area contributed by atoms with Crippen molar-refractivity contribution in [1.82, 2.24) is 4.31 Å². The summed E-state index contributed by atoms with van der Waals surface area (Å²) < 4.78 is 26.4. The molecule has 5 atom stereocenters. The summed E-state index contributed by atoms with van der Waals surface area (Å²) >= 11 is 0. The number of allylic oxidation sites excluding steroid dienone is 1. The van der Waals surface area contributed by atoms with E-state index in [0.29, 0.717) is 24.8 Å². The van der Waals surface area contributed by atoms with Gasteiger partial charge >= 0.3 is 0 Å². The normalized spacial score (nSPS) is 40.2. The second-order valence-corrected chi connectivity index (χ2v) is 8.32. The van der Waals surface area contributed by atoms with Gasteiger partial charge in [0.05, 0.1) is 5.25 Å². The number of hydrogen-bond donors (Lipinski definition) is 0. The number of fused-ring (bicyclic) bond motifs is 5. The molecule has 3 rings (SSSR count). The summed E-state index contributed by atoms with van der Waals surface area (Å²) in [5.74, 6) is 0.492. The number of amides is 1. The van der Waals surface area contributed by atoms with Gasteiger partial charge in [-0.05, 0) is 43.4 Å². The van der Waals surface area contributed by atoms with E-state index in [4.69, 9.17) is 0 Å². The van der Waals surface area contributed by atoms with Crippen LogP contribution in [0.4, 0.5) is 0 Å². The lowest BCUT2D eigenvalue weighted by Gasteiger charge is -2.22. The van der Waals surface area contributed by atoms with E-state index in [2.05, 4.69) is 6.58 Å². The molecule has 0 N–H and O–H groups in total. The van der Waals surface area contributed by atoms with E-state index in [-0.39, 0.29) is 23.0 Å². The summed E-state index contributed by atoms with van der Waals surface area (Å²) in [5.41, 5.74) is 0. The van der Waals surface area contributed by atoms with Crippen molar-refractivity contribution < 1.29 is 13.2 Å². The van der Waals surface area contributed by atoms with Crippen LogP contribution in [-0.4, -0.2) is 30.4 Å². The monoisotopic (exact) mass is 283 g/mol. The summed E-state index contributed by atoms with van der Waals surface area (Å²) in [6, 6.07) is 0. The summed E-state index contributed by atoms with van der Waals surface area (Å²) in [5, 5.41) is -0.272. The Kier molecular flexibility index (Phi) is 3.00. The Morgan fingerprint density at radius 2 is 2.11 bits per heavy atom. The molecule has 2 saturated carbocycles. The minimum Gasteiger partial charge on any atom is -0.273 e. The van der Waals surface area contributed by atoms with Gasteiger partial charge in [0.25, 0.3) is 0 Å². The van der Waals surface area contributed by atoms with E-state index in [9.17, 15) is 13.2 Å². The second-order valence-electron chi connectivity index (χ2n) is 6.30. The van der Waals surface area contributed by atoms with Crippen LogP contribution >= 0.6 is 0 Å². The third kappa shape index (κ3) is 1.77. The molecule has 1 heterocycles. The molecule has 5 heteroatoms. The summed E-state index contributed by atoms with van der Waals surface area (Å²) in [6.07, 6.45) is 5.43. The van der Waals surface area contributed by atoms with Crippen molar-refractivity contribution >= 4 is 15.9 Å². The molecule has 4 nitrogen and oxygen atoms in total. The third-order valence-corrected chi connectivity index (χ3v) is 7.59. The average Bonchev–Trinajstić information content (AvgIpc) is 3.00. The van der Waals surface area contributed by atoms with Crippen LogP contribution in [0.3, 0.4) is 0 Å². The first-order chi connectivity index (χ1) is 8.96. The van der Waals surface area contributed by atoms with E-state index in [1.54, 1.807) is 13.0 Å². The minimum atomic E-state index is -3.41. The zero-order chi connectivity index (χ0) is 13.8. The predicted octanol–water partition coefficient (Wildman–Crippen LogP) is 1.79. The summed E-state index contributed by atoms with van der Waals surface area (Å²) in [6.45, 7) is 5.82. The van der Waals surface area contributed by atoms with Crippen molar-refractivity contribution in [2.24, 2.45) is 23.7 Å². The highest BCUT2D eigenvalue weighted by molar-refractivity contribution is 7.90. The van der Waals surface area contributed by atoms with Gasteiger partial charge in [-0.3, -0.25) is 4.79 Å². The molecule has 0 unspecified atom stereocenters. The molecule has 0 radical (unpaired) electrons. The zero-order valence-electron chi connectivity index (χ0n) is 11.3. The second kappa shape index (κ2) is 4.33. The molecule has 106 valence electrons. The molecule has 0 spiro atoms. The molecule has 0 aromatic carbocycles. The number of carbonyl (C=O) groups is 1. The molecular formula is C14H21NO3S.